The number of aromatic nitrogens is 2. The molecule has 4 nitrogen and oxygen atoms in total. The lowest BCUT2D eigenvalue weighted by molar-refractivity contribution is 0.228. The van der Waals surface area contributed by atoms with Gasteiger partial charge in [0.2, 0.25) is 0 Å². The summed E-state index contributed by atoms with van der Waals surface area (Å²) in [6.07, 6.45) is 4.14. The van der Waals surface area contributed by atoms with Gasteiger partial charge in [-0.25, -0.2) is 0 Å². The van der Waals surface area contributed by atoms with Gasteiger partial charge in [0.25, 0.3) is 0 Å². The van der Waals surface area contributed by atoms with Gasteiger partial charge in [-0.1, -0.05) is 6.42 Å². The SMILES string of the molecule is Cc1nn(C)c(CNCCN2CCCCC2)c1Br. The van der Waals surface area contributed by atoms with Crippen LogP contribution in [0.15, 0.2) is 4.47 Å². The van der Waals surface area contributed by atoms with E-state index in [-0.39, 0.29) is 0 Å². The molecule has 1 aromatic rings. The highest BCUT2D eigenvalue weighted by Gasteiger charge is 2.11. The summed E-state index contributed by atoms with van der Waals surface area (Å²) in [6.45, 7) is 7.67. The number of likely N-dealkylation sites (tertiary alicyclic amines) is 1. The number of nitrogens with zero attached hydrogens (tertiary/aromatic N) is 3. The van der Waals surface area contributed by atoms with Crippen LogP contribution >= 0.6 is 15.9 Å². The number of hydrogen-bond acceptors (Lipinski definition) is 3. The summed E-state index contributed by atoms with van der Waals surface area (Å²) >= 11 is 3.60. The highest BCUT2D eigenvalue weighted by atomic mass is 79.9. The molecule has 0 aliphatic carbocycles. The number of piperidine rings is 1. The van der Waals surface area contributed by atoms with Gasteiger partial charge in [-0.3, -0.25) is 4.68 Å². The van der Waals surface area contributed by atoms with Crippen molar-refractivity contribution in [2.75, 3.05) is 26.2 Å². The van der Waals surface area contributed by atoms with E-state index in [0.29, 0.717) is 0 Å². The van der Waals surface area contributed by atoms with E-state index in [1.807, 2.05) is 18.7 Å². The normalized spacial score (nSPS) is 17.3. The van der Waals surface area contributed by atoms with E-state index < -0.39 is 0 Å². The molecule has 1 aliphatic rings. The summed E-state index contributed by atoms with van der Waals surface area (Å²) in [4.78, 5) is 2.56. The zero-order valence-corrected chi connectivity index (χ0v) is 13.0. The smallest absolute Gasteiger partial charge is 0.0739 e. The molecule has 0 spiro atoms. The average molecular weight is 315 g/mol. The van der Waals surface area contributed by atoms with Crippen molar-refractivity contribution in [1.82, 2.24) is 20.0 Å². The van der Waals surface area contributed by atoms with Crippen molar-refractivity contribution >= 4 is 15.9 Å². The minimum Gasteiger partial charge on any atom is -0.310 e. The molecule has 0 saturated carbocycles. The van der Waals surface area contributed by atoms with Crippen molar-refractivity contribution in [3.8, 4) is 0 Å². The van der Waals surface area contributed by atoms with Crippen LogP contribution in [0.1, 0.15) is 30.7 Å². The monoisotopic (exact) mass is 314 g/mol. The van der Waals surface area contributed by atoms with E-state index in [1.54, 1.807) is 0 Å². The second-order valence-corrected chi connectivity index (χ2v) is 5.84. The molecule has 1 saturated heterocycles. The van der Waals surface area contributed by atoms with Crippen LogP contribution in [-0.2, 0) is 13.6 Å². The lowest BCUT2D eigenvalue weighted by Crippen LogP contribution is -2.35. The first-order valence-electron chi connectivity index (χ1n) is 6.79. The lowest BCUT2D eigenvalue weighted by atomic mass is 10.1. The molecule has 0 atom stereocenters. The molecule has 0 bridgehead atoms. The molecule has 5 heteroatoms. The third-order valence-corrected chi connectivity index (χ3v) is 4.64. The van der Waals surface area contributed by atoms with E-state index in [9.17, 15) is 0 Å². The summed E-state index contributed by atoms with van der Waals surface area (Å²) in [5.41, 5.74) is 2.29. The van der Waals surface area contributed by atoms with Crippen molar-refractivity contribution in [1.29, 1.82) is 0 Å². The van der Waals surface area contributed by atoms with Gasteiger partial charge in [0.1, 0.15) is 0 Å². The van der Waals surface area contributed by atoms with E-state index in [4.69, 9.17) is 0 Å². The quantitative estimate of drug-likeness (QED) is 0.845. The Bertz CT molecular complexity index is 383. The molecule has 2 heterocycles. The Morgan fingerprint density at radius 2 is 2.00 bits per heavy atom. The molecule has 1 aromatic heterocycles. The molecular formula is C13H23BrN4. The van der Waals surface area contributed by atoms with Gasteiger partial charge in [0, 0.05) is 26.7 Å². The van der Waals surface area contributed by atoms with Crippen molar-refractivity contribution in [2.24, 2.45) is 7.05 Å². The Morgan fingerprint density at radius 3 is 2.61 bits per heavy atom. The maximum Gasteiger partial charge on any atom is 0.0739 e. The van der Waals surface area contributed by atoms with Gasteiger partial charge in [0.15, 0.2) is 0 Å². The van der Waals surface area contributed by atoms with Crippen LogP contribution in [0.4, 0.5) is 0 Å². The van der Waals surface area contributed by atoms with Crippen LogP contribution < -0.4 is 5.32 Å². The zero-order valence-electron chi connectivity index (χ0n) is 11.4. The molecule has 102 valence electrons. The molecule has 1 aliphatic heterocycles. The molecule has 0 unspecified atom stereocenters. The predicted octanol–water partition coefficient (Wildman–Crippen LogP) is 2.07. The lowest BCUT2D eigenvalue weighted by Gasteiger charge is -2.26. The number of nitrogens with one attached hydrogen (secondary N) is 1. The topological polar surface area (TPSA) is 33.1 Å². The first-order chi connectivity index (χ1) is 8.68. The molecule has 18 heavy (non-hydrogen) atoms. The summed E-state index contributed by atoms with van der Waals surface area (Å²) in [5, 5.41) is 7.91. The highest BCUT2D eigenvalue weighted by Crippen LogP contribution is 2.19. The van der Waals surface area contributed by atoms with Crippen molar-refractivity contribution in [3.05, 3.63) is 15.9 Å². The average Bonchev–Trinajstić information content (AvgIpc) is 2.61. The van der Waals surface area contributed by atoms with Crippen molar-refractivity contribution in [3.63, 3.8) is 0 Å². The van der Waals surface area contributed by atoms with Crippen molar-refractivity contribution in [2.45, 2.75) is 32.7 Å². The first kappa shape index (κ1) is 14.0. The van der Waals surface area contributed by atoms with Crippen LogP contribution in [0, 0.1) is 6.92 Å². The predicted molar refractivity (Wildman–Crippen MR) is 77.6 cm³/mol. The Hall–Kier alpha value is -0.390. The zero-order chi connectivity index (χ0) is 13.0. The third kappa shape index (κ3) is 3.56. The Balaban J connectivity index is 1.71. The van der Waals surface area contributed by atoms with Gasteiger partial charge >= 0.3 is 0 Å². The number of hydrogen-bond donors (Lipinski definition) is 1. The van der Waals surface area contributed by atoms with Crippen LogP contribution in [0.2, 0.25) is 0 Å². The van der Waals surface area contributed by atoms with E-state index in [1.165, 1.54) is 38.0 Å². The fourth-order valence-electron chi connectivity index (χ4n) is 2.50. The molecule has 1 N–H and O–H groups in total. The minimum atomic E-state index is 0.881. The van der Waals surface area contributed by atoms with Gasteiger partial charge in [0.05, 0.1) is 15.9 Å². The van der Waals surface area contributed by atoms with Crippen molar-refractivity contribution < 1.29 is 0 Å². The summed E-state index contributed by atoms with van der Waals surface area (Å²) in [5.74, 6) is 0. The highest BCUT2D eigenvalue weighted by molar-refractivity contribution is 9.10. The number of halogens is 1. The van der Waals surface area contributed by atoms with Gasteiger partial charge < -0.3 is 10.2 Å². The summed E-state index contributed by atoms with van der Waals surface area (Å²) in [6, 6.07) is 0. The second kappa shape index (κ2) is 6.68. The number of aryl methyl sites for hydroxylation is 2. The molecule has 2 rings (SSSR count). The van der Waals surface area contributed by atoms with Crippen LogP contribution in [0.5, 0.6) is 0 Å². The molecule has 1 fully saturated rings. The largest absolute Gasteiger partial charge is 0.310 e. The summed E-state index contributed by atoms with van der Waals surface area (Å²) < 4.78 is 3.09. The fourth-order valence-corrected chi connectivity index (χ4v) is 2.98. The minimum absolute atomic E-state index is 0.881. The Morgan fingerprint density at radius 1 is 1.28 bits per heavy atom. The maximum atomic E-state index is 4.40. The molecule has 0 amide bonds. The summed E-state index contributed by atoms with van der Waals surface area (Å²) in [7, 11) is 2.00. The third-order valence-electron chi connectivity index (χ3n) is 3.61. The van der Waals surface area contributed by atoms with Gasteiger partial charge in [-0.05, 0) is 48.8 Å². The molecule has 0 aromatic carbocycles. The van der Waals surface area contributed by atoms with E-state index >= 15 is 0 Å². The van der Waals surface area contributed by atoms with Crippen LogP contribution in [-0.4, -0.2) is 40.9 Å². The van der Waals surface area contributed by atoms with E-state index in [0.717, 1.165) is 29.8 Å². The van der Waals surface area contributed by atoms with Gasteiger partial charge in [-0.15, -0.1) is 0 Å². The molecule has 0 radical (unpaired) electrons. The standard InChI is InChI=1S/C13H23BrN4/c1-11-13(14)12(17(2)16-11)10-15-6-9-18-7-4-3-5-8-18/h15H,3-10H2,1-2H3. The van der Waals surface area contributed by atoms with Gasteiger partial charge in [-0.2, -0.15) is 5.10 Å². The Labute approximate surface area is 118 Å². The van der Waals surface area contributed by atoms with Crippen LogP contribution in [0.25, 0.3) is 0 Å². The molecular weight excluding hydrogens is 292 g/mol. The van der Waals surface area contributed by atoms with E-state index in [2.05, 4.69) is 31.2 Å². The second-order valence-electron chi connectivity index (χ2n) is 5.05. The number of rotatable bonds is 5. The fraction of sp³-hybridized carbons (Fsp3) is 0.769. The van der Waals surface area contributed by atoms with Crippen LogP contribution in [0.3, 0.4) is 0 Å². The Kier molecular flexibility index (Phi) is 5.21. The maximum absolute atomic E-state index is 4.40. The first-order valence-corrected chi connectivity index (χ1v) is 7.59.